The third kappa shape index (κ3) is 3.01. The van der Waals surface area contributed by atoms with Crippen molar-refractivity contribution in [3.63, 3.8) is 0 Å². The normalized spacial score (nSPS) is 12.2. The minimum Gasteiger partial charge on any atom is -0.383 e. The summed E-state index contributed by atoms with van der Waals surface area (Å²) in [5.41, 5.74) is 9.04. The number of nitrogens with one attached hydrogen (secondary N) is 1. The summed E-state index contributed by atoms with van der Waals surface area (Å²) in [5.74, 6) is 1.58. The topological polar surface area (TPSA) is 81.6 Å². The first kappa shape index (κ1) is 15.1. The van der Waals surface area contributed by atoms with E-state index in [1.165, 1.54) is 0 Å². The third-order valence-corrected chi connectivity index (χ3v) is 4.08. The summed E-state index contributed by atoms with van der Waals surface area (Å²) < 4.78 is 1.91. The second-order valence-electron chi connectivity index (χ2n) is 5.85. The van der Waals surface area contributed by atoms with Gasteiger partial charge in [0.1, 0.15) is 18.0 Å². The Morgan fingerprint density at radius 3 is 2.60 bits per heavy atom. The number of nitrogens with zero attached hydrogens (tertiary/aromatic N) is 4. The van der Waals surface area contributed by atoms with Crippen LogP contribution < -0.4 is 11.1 Å². The molecule has 2 heterocycles. The molecule has 3 N–H and O–H groups in total. The van der Waals surface area contributed by atoms with E-state index in [2.05, 4.69) is 39.3 Å². The molecule has 0 fully saturated rings. The molecule has 0 spiro atoms. The number of nitrogen functional groups attached to an aromatic ring is 1. The van der Waals surface area contributed by atoms with Crippen molar-refractivity contribution in [2.24, 2.45) is 0 Å². The molecular weight excluding hydrogens is 312 g/mol. The quantitative estimate of drug-likeness (QED) is 0.598. The fraction of sp³-hybridized carbons (Fsp3) is 0.105. The minimum atomic E-state index is 0.0652. The predicted octanol–water partition coefficient (Wildman–Crippen LogP) is 3.57. The summed E-state index contributed by atoms with van der Waals surface area (Å²) >= 11 is 0. The Labute approximate surface area is 145 Å². The summed E-state index contributed by atoms with van der Waals surface area (Å²) in [6.45, 7) is 2.06. The van der Waals surface area contributed by atoms with Gasteiger partial charge in [-0.2, -0.15) is 9.97 Å². The Morgan fingerprint density at radius 1 is 1.00 bits per heavy atom. The van der Waals surface area contributed by atoms with E-state index in [4.69, 9.17) is 5.73 Å². The van der Waals surface area contributed by atoms with Gasteiger partial charge in [0.25, 0.3) is 0 Å². The molecule has 2 aromatic heterocycles. The van der Waals surface area contributed by atoms with Gasteiger partial charge in [-0.3, -0.25) is 4.57 Å². The molecular formula is C19H18N6. The molecule has 25 heavy (non-hydrogen) atoms. The fourth-order valence-electron chi connectivity index (χ4n) is 2.80. The van der Waals surface area contributed by atoms with Crippen molar-refractivity contribution in [3.05, 3.63) is 72.6 Å². The molecule has 124 valence electrons. The monoisotopic (exact) mass is 330 g/mol. The maximum atomic E-state index is 6.00. The van der Waals surface area contributed by atoms with Gasteiger partial charge in [0, 0.05) is 6.07 Å². The van der Waals surface area contributed by atoms with Crippen LogP contribution in [-0.4, -0.2) is 19.5 Å². The molecule has 6 nitrogen and oxygen atoms in total. The van der Waals surface area contributed by atoms with Crippen LogP contribution in [0.1, 0.15) is 18.5 Å². The van der Waals surface area contributed by atoms with Crippen LogP contribution in [0.3, 0.4) is 0 Å². The summed E-state index contributed by atoms with van der Waals surface area (Å²) in [4.78, 5) is 13.3. The number of hydrogen-bond acceptors (Lipinski definition) is 5. The first-order valence-corrected chi connectivity index (χ1v) is 8.09. The summed E-state index contributed by atoms with van der Waals surface area (Å²) in [6.07, 6.45) is 1.75. The van der Waals surface area contributed by atoms with E-state index >= 15 is 0 Å². The van der Waals surface area contributed by atoms with Crippen molar-refractivity contribution in [1.82, 2.24) is 19.5 Å². The van der Waals surface area contributed by atoms with Crippen molar-refractivity contribution in [3.8, 4) is 5.82 Å². The lowest BCUT2D eigenvalue weighted by molar-refractivity contribution is 0.855. The Morgan fingerprint density at radius 2 is 1.76 bits per heavy atom. The summed E-state index contributed by atoms with van der Waals surface area (Å²) in [5, 5.41) is 3.31. The highest BCUT2D eigenvalue weighted by Gasteiger charge is 2.11. The molecule has 2 aromatic carbocycles. The van der Waals surface area contributed by atoms with Gasteiger partial charge < -0.3 is 11.1 Å². The molecule has 1 unspecified atom stereocenters. The Hall–Kier alpha value is -3.41. The number of benzene rings is 2. The van der Waals surface area contributed by atoms with E-state index in [-0.39, 0.29) is 6.04 Å². The average Bonchev–Trinajstić information content (AvgIpc) is 3.06. The van der Waals surface area contributed by atoms with Gasteiger partial charge in [0.2, 0.25) is 5.95 Å². The molecule has 1 atom stereocenters. The zero-order valence-corrected chi connectivity index (χ0v) is 13.8. The fourth-order valence-corrected chi connectivity index (χ4v) is 2.80. The van der Waals surface area contributed by atoms with Crippen LogP contribution >= 0.6 is 0 Å². The number of fused-ring (bicyclic) bond motifs is 1. The van der Waals surface area contributed by atoms with Crippen LogP contribution in [0.15, 0.2) is 67.0 Å². The SMILES string of the molecule is CC(Nc1nc(N)cc(-n2cnc3ccccc32)n1)c1ccccc1. The van der Waals surface area contributed by atoms with Crippen molar-refractivity contribution in [2.45, 2.75) is 13.0 Å². The molecule has 0 bridgehead atoms. The van der Waals surface area contributed by atoms with Gasteiger partial charge in [0.15, 0.2) is 0 Å². The first-order chi connectivity index (χ1) is 12.2. The number of anilines is 2. The number of para-hydroxylation sites is 2. The molecule has 0 saturated heterocycles. The molecule has 0 aliphatic heterocycles. The Balaban J connectivity index is 1.69. The van der Waals surface area contributed by atoms with Gasteiger partial charge >= 0.3 is 0 Å². The number of rotatable bonds is 4. The number of nitrogens with two attached hydrogens (primary N) is 1. The van der Waals surface area contributed by atoms with Gasteiger partial charge in [-0.25, -0.2) is 4.98 Å². The van der Waals surface area contributed by atoms with E-state index in [1.54, 1.807) is 12.4 Å². The van der Waals surface area contributed by atoms with Gasteiger partial charge in [0.05, 0.1) is 17.1 Å². The van der Waals surface area contributed by atoms with Crippen molar-refractivity contribution < 1.29 is 0 Å². The smallest absolute Gasteiger partial charge is 0.227 e. The molecule has 0 saturated carbocycles. The van der Waals surface area contributed by atoms with Crippen LogP contribution in [0.5, 0.6) is 0 Å². The van der Waals surface area contributed by atoms with Crippen LogP contribution in [0.25, 0.3) is 16.9 Å². The predicted molar refractivity (Wildman–Crippen MR) is 99.6 cm³/mol. The van der Waals surface area contributed by atoms with Crippen molar-refractivity contribution in [2.75, 3.05) is 11.1 Å². The van der Waals surface area contributed by atoms with Crippen molar-refractivity contribution >= 4 is 22.8 Å². The summed E-state index contributed by atoms with van der Waals surface area (Å²) in [7, 11) is 0. The first-order valence-electron chi connectivity index (χ1n) is 8.09. The zero-order chi connectivity index (χ0) is 17.2. The molecule has 4 rings (SSSR count). The maximum absolute atomic E-state index is 6.00. The van der Waals surface area contributed by atoms with Crippen molar-refractivity contribution in [1.29, 1.82) is 0 Å². The summed E-state index contributed by atoms with van der Waals surface area (Å²) in [6, 6.07) is 19.9. The highest BCUT2D eigenvalue weighted by atomic mass is 15.2. The zero-order valence-electron chi connectivity index (χ0n) is 13.8. The second-order valence-corrected chi connectivity index (χ2v) is 5.85. The largest absolute Gasteiger partial charge is 0.383 e. The maximum Gasteiger partial charge on any atom is 0.227 e. The molecule has 6 heteroatoms. The van der Waals surface area contributed by atoms with Gasteiger partial charge in [-0.05, 0) is 24.6 Å². The minimum absolute atomic E-state index is 0.0652. The van der Waals surface area contributed by atoms with E-state index in [0.717, 1.165) is 16.6 Å². The van der Waals surface area contributed by atoms with Crippen LogP contribution in [0, 0.1) is 0 Å². The number of aromatic nitrogens is 4. The molecule has 0 aliphatic carbocycles. The Bertz CT molecular complexity index is 1010. The number of imidazole rings is 1. The van der Waals surface area contributed by atoms with E-state index < -0.39 is 0 Å². The van der Waals surface area contributed by atoms with Crippen LogP contribution in [-0.2, 0) is 0 Å². The number of hydrogen-bond donors (Lipinski definition) is 2. The molecule has 0 amide bonds. The highest BCUT2D eigenvalue weighted by Crippen LogP contribution is 2.21. The van der Waals surface area contributed by atoms with Crippen LogP contribution in [0.2, 0.25) is 0 Å². The average molecular weight is 330 g/mol. The molecule has 0 radical (unpaired) electrons. The van der Waals surface area contributed by atoms with Crippen LogP contribution in [0.4, 0.5) is 11.8 Å². The Kier molecular flexibility index (Phi) is 3.78. The lowest BCUT2D eigenvalue weighted by Gasteiger charge is -2.15. The highest BCUT2D eigenvalue weighted by molar-refractivity contribution is 5.77. The lowest BCUT2D eigenvalue weighted by atomic mass is 10.1. The van der Waals surface area contributed by atoms with E-state index in [1.807, 2.05) is 47.0 Å². The van der Waals surface area contributed by atoms with E-state index in [0.29, 0.717) is 17.6 Å². The third-order valence-electron chi connectivity index (χ3n) is 4.08. The van der Waals surface area contributed by atoms with E-state index in [9.17, 15) is 0 Å². The van der Waals surface area contributed by atoms with Gasteiger partial charge in [-0.15, -0.1) is 0 Å². The molecule has 4 aromatic rings. The molecule has 0 aliphatic rings. The second kappa shape index (κ2) is 6.24. The lowest BCUT2D eigenvalue weighted by Crippen LogP contribution is -2.12. The standard InChI is InChI=1S/C19H18N6/c1-13(14-7-3-2-4-8-14)22-19-23-17(20)11-18(24-19)25-12-21-15-9-5-6-10-16(15)25/h2-13H,1H3,(H3,20,22,23,24). The van der Waals surface area contributed by atoms with Gasteiger partial charge in [-0.1, -0.05) is 42.5 Å².